The molecule has 1 aliphatic rings. The van der Waals surface area contributed by atoms with Gasteiger partial charge in [-0.25, -0.2) is 4.79 Å². The van der Waals surface area contributed by atoms with Gasteiger partial charge in [-0.05, 0) is 12.8 Å². The second-order valence-corrected chi connectivity index (χ2v) is 2.36. The monoisotopic (exact) mass is 141 g/mol. The van der Waals surface area contributed by atoms with Gasteiger partial charge in [-0.2, -0.15) is 0 Å². The zero-order valence-electron chi connectivity index (χ0n) is 6.02. The number of nitrogens with one attached hydrogen (secondary N) is 1. The number of hydrogen-bond acceptors (Lipinski definition) is 3. The Kier molecular flexibility index (Phi) is 1.94. The van der Waals surface area contributed by atoms with E-state index in [0.717, 1.165) is 18.5 Å². The van der Waals surface area contributed by atoms with Crippen molar-refractivity contribution in [2.75, 3.05) is 7.11 Å². The van der Waals surface area contributed by atoms with Crippen LogP contribution in [0.2, 0.25) is 0 Å². The Morgan fingerprint density at radius 2 is 2.60 bits per heavy atom. The van der Waals surface area contributed by atoms with Gasteiger partial charge >= 0.3 is 5.97 Å². The Morgan fingerprint density at radius 3 is 3.00 bits per heavy atom. The fourth-order valence-electron chi connectivity index (χ4n) is 1.03. The molecule has 1 aliphatic heterocycles. The molecule has 56 valence electrons. The van der Waals surface area contributed by atoms with E-state index in [-0.39, 0.29) is 12.0 Å². The topological polar surface area (TPSA) is 38.3 Å². The molecule has 0 amide bonds. The highest BCUT2D eigenvalue weighted by Gasteiger charge is 2.24. The lowest BCUT2D eigenvalue weighted by molar-refractivity contribution is -0.142. The largest absolute Gasteiger partial charge is 0.467 e. The average molecular weight is 141 g/mol. The van der Waals surface area contributed by atoms with E-state index in [0.29, 0.717) is 0 Å². The van der Waals surface area contributed by atoms with Crippen LogP contribution in [-0.4, -0.2) is 19.1 Å². The van der Waals surface area contributed by atoms with Crippen molar-refractivity contribution in [3.05, 3.63) is 12.3 Å². The maximum atomic E-state index is 10.8. The summed E-state index contributed by atoms with van der Waals surface area (Å²) in [6.07, 6.45) is 1.69. The smallest absolute Gasteiger partial charge is 0.328 e. The second-order valence-electron chi connectivity index (χ2n) is 2.36. The highest BCUT2D eigenvalue weighted by molar-refractivity contribution is 5.76. The highest BCUT2D eigenvalue weighted by atomic mass is 16.5. The van der Waals surface area contributed by atoms with E-state index in [1.165, 1.54) is 7.11 Å². The highest BCUT2D eigenvalue weighted by Crippen LogP contribution is 2.13. The van der Waals surface area contributed by atoms with Gasteiger partial charge in [0.1, 0.15) is 6.04 Å². The molecule has 1 atom stereocenters. The maximum Gasteiger partial charge on any atom is 0.328 e. The molecule has 0 aromatic carbocycles. The van der Waals surface area contributed by atoms with Crippen molar-refractivity contribution in [1.29, 1.82) is 0 Å². The molecule has 0 aliphatic carbocycles. The summed E-state index contributed by atoms with van der Waals surface area (Å²) < 4.78 is 4.54. The summed E-state index contributed by atoms with van der Waals surface area (Å²) in [5.74, 6) is -0.196. The second kappa shape index (κ2) is 2.73. The van der Waals surface area contributed by atoms with Gasteiger partial charge in [0, 0.05) is 5.70 Å². The number of allylic oxidation sites excluding steroid dienone is 1. The Morgan fingerprint density at radius 1 is 1.90 bits per heavy atom. The first kappa shape index (κ1) is 7.12. The number of hydrogen-bond donors (Lipinski definition) is 1. The predicted molar refractivity (Wildman–Crippen MR) is 37.3 cm³/mol. The van der Waals surface area contributed by atoms with E-state index in [1.807, 2.05) is 0 Å². The predicted octanol–water partition coefficient (Wildman–Crippen LogP) is 0.425. The zero-order chi connectivity index (χ0) is 7.56. The molecule has 1 saturated heterocycles. The Labute approximate surface area is 60.1 Å². The molecule has 0 aromatic rings. The van der Waals surface area contributed by atoms with Crippen LogP contribution in [0.25, 0.3) is 0 Å². The van der Waals surface area contributed by atoms with E-state index in [9.17, 15) is 4.79 Å². The molecular formula is C7H11NO2. The molecular weight excluding hydrogens is 130 g/mol. The molecule has 0 aromatic heterocycles. The zero-order valence-corrected chi connectivity index (χ0v) is 6.02. The minimum atomic E-state index is -0.196. The fraction of sp³-hybridized carbons (Fsp3) is 0.571. The van der Waals surface area contributed by atoms with Gasteiger partial charge in [-0.15, -0.1) is 0 Å². The minimum Gasteiger partial charge on any atom is -0.467 e. The number of ether oxygens (including phenoxy) is 1. The molecule has 1 fully saturated rings. The number of carbonyl (C=O) groups is 1. The summed E-state index contributed by atoms with van der Waals surface area (Å²) in [6.45, 7) is 3.70. The van der Waals surface area contributed by atoms with Gasteiger partial charge in [0.05, 0.1) is 7.11 Å². The third kappa shape index (κ3) is 1.29. The number of carbonyl (C=O) groups excluding carboxylic acids is 1. The van der Waals surface area contributed by atoms with Gasteiger partial charge in [0.25, 0.3) is 0 Å². The summed E-state index contributed by atoms with van der Waals surface area (Å²) in [6, 6.07) is -0.155. The van der Waals surface area contributed by atoms with Crippen molar-refractivity contribution in [2.45, 2.75) is 18.9 Å². The van der Waals surface area contributed by atoms with Crippen LogP contribution in [0, 0.1) is 0 Å². The first-order valence-electron chi connectivity index (χ1n) is 3.26. The molecule has 3 heteroatoms. The van der Waals surface area contributed by atoms with E-state index >= 15 is 0 Å². The van der Waals surface area contributed by atoms with Gasteiger partial charge in [0.15, 0.2) is 0 Å². The van der Waals surface area contributed by atoms with Crippen molar-refractivity contribution >= 4 is 5.97 Å². The summed E-state index contributed by atoms with van der Waals surface area (Å²) in [7, 11) is 1.39. The molecule has 0 spiro atoms. The van der Waals surface area contributed by atoms with Crippen LogP contribution in [-0.2, 0) is 9.53 Å². The Balaban J connectivity index is 2.44. The quantitative estimate of drug-likeness (QED) is 0.538. The number of methoxy groups -OCH3 is 1. The van der Waals surface area contributed by atoms with E-state index in [4.69, 9.17) is 0 Å². The third-order valence-electron chi connectivity index (χ3n) is 1.60. The first-order valence-corrected chi connectivity index (χ1v) is 3.26. The van der Waals surface area contributed by atoms with E-state index < -0.39 is 0 Å². The lowest BCUT2D eigenvalue weighted by atomic mass is 10.2. The lowest BCUT2D eigenvalue weighted by Gasteiger charge is -2.06. The lowest BCUT2D eigenvalue weighted by Crippen LogP contribution is -2.30. The summed E-state index contributed by atoms with van der Waals surface area (Å²) >= 11 is 0. The summed E-state index contributed by atoms with van der Waals surface area (Å²) in [5.41, 5.74) is 0.926. The van der Waals surface area contributed by atoms with Crippen molar-refractivity contribution in [1.82, 2.24) is 5.32 Å². The fourth-order valence-corrected chi connectivity index (χ4v) is 1.03. The van der Waals surface area contributed by atoms with Crippen molar-refractivity contribution in [3.63, 3.8) is 0 Å². The van der Waals surface area contributed by atoms with Crippen LogP contribution in [0.1, 0.15) is 12.8 Å². The van der Waals surface area contributed by atoms with Gasteiger partial charge < -0.3 is 10.1 Å². The molecule has 10 heavy (non-hydrogen) atoms. The third-order valence-corrected chi connectivity index (χ3v) is 1.60. The first-order chi connectivity index (χ1) is 4.74. The van der Waals surface area contributed by atoms with E-state index in [2.05, 4.69) is 16.6 Å². The van der Waals surface area contributed by atoms with Crippen LogP contribution < -0.4 is 5.32 Å². The van der Waals surface area contributed by atoms with Gasteiger partial charge in [-0.1, -0.05) is 6.58 Å². The van der Waals surface area contributed by atoms with Crippen LogP contribution in [0.4, 0.5) is 0 Å². The summed E-state index contributed by atoms with van der Waals surface area (Å²) in [5, 5.41) is 2.94. The van der Waals surface area contributed by atoms with Gasteiger partial charge in [0.2, 0.25) is 0 Å². The molecule has 0 saturated carbocycles. The van der Waals surface area contributed by atoms with E-state index in [1.54, 1.807) is 0 Å². The van der Waals surface area contributed by atoms with Crippen LogP contribution >= 0.6 is 0 Å². The van der Waals surface area contributed by atoms with Crippen LogP contribution in [0.3, 0.4) is 0 Å². The van der Waals surface area contributed by atoms with Crippen LogP contribution in [0.5, 0.6) is 0 Å². The molecule has 0 radical (unpaired) electrons. The molecule has 0 unspecified atom stereocenters. The molecule has 1 heterocycles. The summed E-state index contributed by atoms with van der Waals surface area (Å²) in [4.78, 5) is 10.8. The average Bonchev–Trinajstić information content (AvgIpc) is 2.34. The molecule has 3 nitrogen and oxygen atoms in total. The maximum absolute atomic E-state index is 10.8. The van der Waals surface area contributed by atoms with Crippen molar-refractivity contribution in [3.8, 4) is 0 Å². The standard InChI is InChI=1S/C7H11NO2/c1-5-3-4-6(8-5)7(9)10-2/h6,8H,1,3-4H2,2H3/t6-/m0/s1. The SMILES string of the molecule is C=C1CC[C@@H](C(=O)OC)N1. The minimum absolute atomic E-state index is 0.155. The number of rotatable bonds is 1. The van der Waals surface area contributed by atoms with Crippen molar-refractivity contribution < 1.29 is 9.53 Å². The van der Waals surface area contributed by atoms with Crippen molar-refractivity contribution in [2.24, 2.45) is 0 Å². The molecule has 0 bridgehead atoms. The molecule has 1 N–H and O–H groups in total. The van der Waals surface area contributed by atoms with Gasteiger partial charge in [-0.3, -0.25) is 0 Å². The van der Waals surface area contributed by atoms with Crippen LogP contribution in [0.15, 0.2) is 12.3 Å². The normalized spacial score (nSPS) is 24.1. The Hall–Kier alpha value is -0.990. The molecule has 1 rings (SSSR count). The number of esters is 1. The Bertz CT molecular complexity index is 165.